The normalized spacial score (nSPS) is 17.6. The second-order valence-electron chi connectivity index (χ2n) is 6.23. The van der Waals surface area contributed by atoms with E-state index in [1.54, 1.807) is 6.08 Å². The van der Waals surface area contributed by atoms with Crippen LogP contribution in [0.3, 0.4) is 0 Å². The molecule has 1 aromatic heterocycles. The fourth-order valence-corrected chi connectivity index (χ4v) is 3.35. The average molecular weight is 326 g/mol. The van der Waals surface area contributed by atoms with Gasteiger partial charge in [-0.3, -0.25) is 4.90 Å². The van der Waals surface area contributed by atoms with E-state index in [9.17, 15) is 0 Å². The molecule has 0 N–H and O–H groups in total. The Kier molecular flexibility index (Phi) is 5.77. The minimum atomic E-state index is 0.319. The van der Waals surface area contributed by atoms with Gasteiger partial charge >= 0.3 is 0 Å². The Morgan fingerprint density at radius 1 is 1.33 bits per heavy atom. The summed E-state index contributed by atoms with van der Waals surface area (Å²) in [5.41, 5.74) is 3.72. The van der Waals surface area contributed by atoms with Gasteiger partial charge in [-0.2, -0.15) is 0 Å². The van der Waals surface area contributed by atoms with Crippen LogP contribution in [0.4, 0.5) is 0 Å². The van der Waals surface area contributed by atoms with Gasteiger partial charge in [-0.1, -0.05) is 41.6 Å². The summed E-state index contributed by atoms with van der Waals surface area (Å²) < 4.78 is 7.77. The first-order chi connectivity index (χ1) is 11.8. The van der Waals surface area contributed by atoms with Crippen molar-refractivity contribution in [1.29, 1.82) is 0 Å². The van der Waals surface area contributed by atoms with Gasteiger partial charge in [-0.05, 0) is 18.9 Å². The predicted molar refractivity (Wildman–Crippen MR) is 94.9 cm³/mol. The van der Waals surface area contributed by atoms with Crippen LogP contribution in [0.5, 0.6) is 0 Å². The molecular weight excluding hydrogens is 300 g/mol. The summed E-state index contributed by atoms with van der Waals surface area (Å²) in [7, 11) is 0. The molecule has 0 radical (unpaired) electrons. The number of aryl methyl sites for hydroxylation is 1. The van der Waals surface area contributed by atoms with Gasteiger partial charge in [0.1, 0.15) is 5.69 Å². The van der Waals surface area contributed by atoms with Gasteiger partial charge in [-0.25, -0.2) is 4.68 Å². The molecule has 1 aliphatic heterocycles. The highest BCUT2D eigenvalue weighted by Gasteiger charge is 2.30. The third-order valence-corrected chi connectivity index (χ3v) is 4.50. The predicted octanol–water partition coefficient (Wildman–Crippen LogP) is 2.64. The van der Waals surface area contributed by atoms with Gasteiger partial charge in [0, 0.05) is 32.1 Å². The molecule has 1 atom stereocenters. The molecule has 3 rings (SSSR count). The number of fused-ring (bicyclic) bond motifs is 1. The second kappa shape index (κ2) is 8.22. The Morgan fingerprint density at radius 3 is 2.92 bits per heavy atom. The molecule has 1 aliphatic rings. The minimum Gasteiger partial charge on any atom is -0.377 e. The van der Waals surface area contributed by atoms with Crippen LogP contribution in [0.1, 0.15) is 29.8 Å². The molecule has 0 spiro atoms. The lowest BCUT2D eigenvalue weighted by Gasteiger charge is -2.32. The van der Waals surface area contributed by atoms with Crippen molar-refractivity contribution in [2.45, 2.75) is 32.4 Å². The van der Waals surface area contributed by atoms with Gasteiger partial charge in [0.25, 0.3) is 0 Å². The maximum absolute atomic E-state index is 5.75. The first-order valence-corrected chi connectivity index (χ1v) is 8.69. The summed E-state index contributed by atoms with van der Waals surface area (Å²) in [4.78, 5) is 2.46. The van der Waals surface area contributed by atoms with E-state index in [4.69, 9.17) is 4.74 Å². The first kappa shape index (κ1) is 16.9. The Bertz CT molecular complexity index is 653. The molecular formula is C19H26N4O. The average Bonchev–Trinajstić information content (AvgIpc) is 3.04. The van der Waals surface area contributed by atoms with Gasteiger partial charge < -0.3 is 4.74 Å². The molecule has 5 heteroatoms. The van der Waals surface area contributed by atoms with Crippen molar-refractivity contribution < 1.29 is 4.74 Å². The fourth-order valence-electron chi connectivity index (χ4n) is 3.35. The number of hydrogen-bond acceptors (Lipinski definition) is 4. The van der Waals surface area contributed by atoms with E-state index in [0.29, 0.717) is 19.1 Å². The van der Waals surface area contributed by atoms with E-state index in [2.05, 4.69) is 59.0 Å². The number of ether oxygens (including phenoxy) is 1. The monoisotopic (exact) mass is 326 g/mol. The summed E-state index contributed by atoms with van der Waals surface area (Å²) in [5, 5.41) is 8.72. The Hall–Kier alpha value is -1.98. The molecule has 0 aliphatic carbocycles. The third-order valence-electron chi connectivity index (χ3n) is 4.50. The van der Waals surface area contributed by atoms with Crippen LogP contribution in [0.2, 0.25) is 0 Å². The van der Waals surface area contributed by atoms with Crippen LogP contribution in [0.25, 0.3) is 0 Å². The smallest absolute Gasteiger partial charge is 0.100 e. The van der Waals surface area contributed by atoms with Crippen molar-refractivity contribution >= 4 is 0 Å². The molecule has 128 valence electrons. The van der Waals surface area contributed by atoms with Crippen LogP contribution in [-0.2, 0) is 24.2 Å². The third kappa shape index (κ3) is 3.91. The number of hydrogen-bond donors (Lipinski definition) is 0. The van der Waals surface area contributed by atoms with E-state index >= 15 is 0 Å². The highest BCUT2D eigenvalue weighted by Crippen LogP contribution is 2.27. The minimum absolute atomic E-state index is 0.319. The summed E-state index contributed by atoms with van der Waals surface area (Å²) in [6, 6.07) is 10.6. The second-order valence-corrected chi connectivity index (χ2v) is 6.23. The molecule has 5 nitrogen and oxygen atoms in total. The van der Waals surface area contributed by atoms with E-state index in [0.717, 1.165) is 38.3 Å². The van der Waals surface area contributed by atoms with E-state index < -0.39 is 0 Å². The van der Waals surface area contributed by atoms with Gasteiger partial charge in [-0.15, -0.1) is 11.7 Å². The zero-order chi connectivity index (χ0) is 16.8. The highest BCUT2D eigenvalue weighted by molar-refractivity contribution is 5.20. The van der Waals surface area contributed by atoms with Gasteiger partial charge in [0.2, 0.25) is 0 Å². The summed E-state index contributed by atoms with van der Waals surface area (Å²) >= 11 is 0. The molecule has 1 unspecified atom stereocenters. The lowest BCUT2D eigenvalue weighted by atomic mass is 9.98. The van der Waals surface area contributed by atoms with E-state index in [1.165, 1.54) is 11.3 Å². The zero-order valence-corrected chi connectivity index (χ0v) is 14.4. The highest BCUT2D eigenvalue weighted by atomic mass is 16.5. The van der Waals surface area contributed by atoms with Crippen LogP contribution < -0.4 is 0 Å². The van der Waals surface area contributed by atoms with Crippen LogP contribution in [0.15, 0.2) is 43.0 Å². The van der Waals surface area contributed by atoms with Crippen LogP contribution in [-0.4, -0.2) is 46.2 Å². The largest absolute Gasteiger partial charge is 0.377 e. The van der Waals surface area contributed by atoms with Crippen molar-refractivity contribution in [2.75, 3.05) is 26.3 Å². The van der Waals surface area contributed by atoms with Crippen molar-refractivity contribution in [3.05, 3.63) is 59.9 Å². The first-order valence-electron chi connectivity index (χ1n) is 8.69. The quantitative estimate of drug-likeness (QED) is 0.552. The molecule has 0 bridgehead atoms. The molecule has 0 saturated heterocycles. The molecule has 0 amide bonds. The van der Waals surface area contributed by atoms with E-state index in [1.807, 2.05) is 4.68 Å². The van der Waals surface area contributed by atoms with Crippen molar-refractivity contribution in [1.82, 2.24) is 19.9 Å². The van der Waals surface area contributed by atoms with Crippen molar-refractivity contribution in [3.8, 4) is 0 Å². The molecule has 2 aromatic rings. The fraction of sp³-hybridized carbons (Fsp3) is 0.474. The van der Waals surface area contributed by atoms with Crippen LogP contribution >= 0.6 is 0 Å². The van der Waals surface area contributed by atoms with Crippen molar-refractivity contribution in [3.63, 3.8) is 0 Å². The number of aromatic nitrogens is 3. The Morgan fingerprint density at radius 2 is 2.17 bits per heavy atom. The number of rotatable bonds is 8. The number of nitrogens with zero attached hydrogens (tertiary/aromatic N) is 4. The molecule has 2 heterocycles. The molecule has 0 saturated carbocycles. The molecule has 1 aromatic carbocycles. The molecule has 24 heavy (non-hydrogen) atoms. The Labute approximate surface area is 143 Å². The van der Waals surface area contributed by atoms with Gasteiger partial charge in [0.15, 0.2) is 0 Å². The van der Waals surface area contributed by atoms with E-state index in [-0.39, 0.29) is 0 Å². The zero-order valence-electron chi connectivity index (χ0n) is 14.4. The molecule has 0 fully saturated rings. The van der Waals surface area contributed by atoms with Crippen LogP contribution in [0, 0.1) is 0 Å². The SMILES string of the molecule is C=CCOCC1CN(CCc2ccccc2)Cc2nnn(CC)c21. The van der Waals surface area contributed by atoms with Crippen molar-refractivity contribution in [2.24, 2.45) is 0 Å². The summed E-state index contributed by atoms with van der Waals surface area (Å²) in [5.74, 6) is 0.319. The van der Waals surface area contributed by atoms with Gasteiger partial charge in [0.05, 0.1) is 18.9 Å². The lowest BCUT2D eigenvalue weighted by molar-refractivity contribution is 0.114. The topological polar surface area (TPSA) is 43.2 Å². The standard InChI is InChI=1S/C19H26N4O/c1-3-12-24-15-17-13-22(11-10-16-8-6-5-7-9-16)14-18-19(17)23(4-2)21-20-18/h3,5-9,17H,1,4,10-15H2,2H3. The maximum atomic E-state index is 5.75. The summed E-state index contributed by atoms with van der Waals surface area (Å²) in [6.45, 7) is 10.9. The number of benzene rings is 1. The maximum Gasteiger partial charge on any atom is 0.100 e. The Balaban J connectivity index is 1.68. The lowest BCUT2D eigenvalue weighted by Crippen LogP contribution is -2.37. The summed E-state index contributed by atoms with van der Waals surface area (Å²) in [6.07, 6.45) is 2.85.